The molecule has 0 amide bonds. The van der Waals surface area contributed by atoms with Gasteiger partial charge in [0.25, 0.3) is 0 Å². The summed E-state index contributed by atoms with van der Waals surface area (Å²) < 4.78 is 15.6. The fourth-order valence-electron chi connectivity index (χ4n) is 1.69. The van der Waals surface area contributed by atoms with Crippen LogP contribution in [0.4, 0.5) is 0 Å². The first kappa shape index (κ1) is 14.1. The first-order chi connectivity index (χ1) is 8.69. The number of methoxy groups -OCH3 is 3. The molecule has 1 atom stereocenters. The molecule has 18 heavy (non-hydrogen) atoms. The van der Waals surface area contributed by atoms with Crippen molar-refractivity contribution in [1.29, 1.82) is 5.26 Å². The molecule has 5 nitrogen and oxygen atoms in total. The smallest absolute Gasteiger partial charge is 0.203 e. The summed E-state index contributed by atoms with van der Waals surface area (Å²) in [6, 6.07) is 5.60. The summed E-state index contributed by atoms with van der Waals surface area (Å²) in [5.74, 6) is 1.16. The van der Waals surface area contributed by atoms with Crippen molar-refractivity contribution in [3.8, 4) is 23.3 Å². The maximum absolute atomic E-state index is 9.03. The summed E-state index contributed by atoms with van der Waals surface area (Å²) in [4.78, 5) is 0. The lowest BCUT2D eigenvalue weighted by molar-refractivity contribution is 0.255. The molecule has 0 aliphatic rings. The van der Waals surface area contributed by atoms with Gasteiger partial charge in [-0.1, -0.05) is 0 Å². The van der Waals surface area contributed by atoms with E-state index >= 15 is 0 Å². The molecule has 98 valence electrons. The second-order valence-electron chi connectivity index (χ2n) is 3.75. The Kier molecular flexibility index (Phi) is 5.28. The normalized spacial score (nSPS) is 11.5. The average Bonchev–Trinajstić information content (AvgIpc) is 2.43. The highest BCUT2D eigenvalue weighted by molar-refractivity contribution is 5.53. The van der Waals surface area contributed by atoms with E-state index in [4.69, 9.17) is 24.6 Å². The first-order valence-corrected chi connectivity index (χ1v) is 5.49. The SMILES string of the molecule is COc1cc(CC(C#N)CO)cc(OC)c1OC. The van der Waals surface area contributed by atoms with Gasteiger partial charge < -0.3 is 19.3 Å². The van der Waals surface area contributed by atoms with E-state index in [2.05, 4.69) is 0 Å². The van der Waals surface area contributed by atoms with Crippen molar-refractivity contribution >= 4 is 0 Å². The van der Waals surface area contributed by atoms with E-state index in [1.165, 1.54) is 21.3 Å². The van der Waals surface area contributed by atoms with Crippen molar-refractivity contribution in [2.24, 2.45) is 5.92 Å². The minimum absolute atomic E-state index is 0.173. The average molecular weight is 251 g/mol. The van der Waals surface area contributed by atoms with Gasteiger partial charge in [0.05, 0.1) is 39.9 Å². The van der Waals surface area contributed by atoms with E-state index in [9.17, 15) is 0 Å². The minimum Gasteiger partial charge on any atom is -0.493 e. The van der Waals surface area contributed by atoms with Crippen LogP contribution in [0, 0.1) is 17.2 Å². The Balaban J connectivity index is 3.11. The Morgan fingerprint density at radius 1 is 1.17 bits per heavy atom. The Morgan fingerprint density at radius 3 is 2.06 bits per heavy atom. The van der Waals surface area contributed by atoms with E-state index in [1.54, 1.807) is 12.1 Å². The Labute approximate surface area is 107 Å². The summed E-state index contributed by atoms with van der Waals surface area (Å²) in [6.07, 6.45) is 0.434. The fraction of sp³-hybridized carbons (Fsp3) is 0.462. The molecule has 0 aliphatic carbocycles. The van der Waals surface area contributed by atoms with Gasteiger partial charge in [0.15, 0.2) is 11.5 Å². The number of rotatable bonds is 6. The molecule has 1 N–H and O–H groups in total. The van der Waals surface area contributed by atoms with E-state index in [0.717, 1.165) is 5.56 Å². The summed E-state index contributed by atoms with van der Waals surface area (Å²) in [6.45, 7) is -0.173. The lowest BCUT2D eigenvalue weighted by atomic mass is 10.0. The van der Waals surface area contributed by atoms with Gasteiger partial charge in [-0.15, -0.1) is 0 Å². The van der Waals surface area contributed by atoms with Crippen LogP contribution in [0.3, 0.4) is 0 Å². The predicted octanol–water partition coefficient (Wildman–Crippen LogP) is 1.39. The summed E-state index contributed by atoms with van der Waals surface area (Å²) in [5, 5.41) is 17.9. The van der Waals surface area contributed by atoms with Crippen LogP contribution in [0.15, 0.2) is 12.1 Å². The zero-order valence-electron chi connectivity index (χ0n) is 10.8. The number of hydrogen-bond acceptors (Lipinski definition) is 5. The summed E-state index contributed by atoms with van der Waals surface area (Å²) in [7, 11) is 4.61. The molecule has 0 heterocycles. The first-order valence-electron chi connectivity index (χ1n) is 5.49. The lowest BCUT2D eigenvalue weighted by Crippen LogP contribution is -2.07. The van der Waals surface area contributed by atoms with Gasteiger partial charge in [0, 0.05) is 0 Å². The number of aliphatic hydroxyl groups excluding tert-OH is 1. The van der Waals surface area contributed by atoms with Crippen LogP contribution < -0.4 is 14.2 Å². The summed E-state index contributed by atoms with van der Waals surface area (Å²) in [5.41, 5.74) is 0.852. The molecule has 0 fully saturated rings. The van der Waals surface area contributed by atoms with Gasteiger partial charge in [-0.05, 0) is 24.1 Å². The van der Waals surface area contributed by atoms with Gasteiger partial charge >= 0.3 is 0 Å². The molecule has 1 unspecified atom stereocenters. The Bertz CT molecular complexity index is 414. The van der Waals surface area contributed by atoms with Crippen molar-refractivity contribution < 1.29 is 19.3 Å². The van der Waals surface area contributed by atoms with Crippen LogP contribution in [0.25, 0.3) is 0 Å². The second-order valence-corrected chi connectivity index (χ2v) is 3.75. The monoisotopic (exact) mass is 251 g/mol. The molecule has 0 saturated heterocycles. The number of aliphatic hydroxyl groups is 1. The van der Waals surface area contributed by atoms with E-state index < -0.39 is 5.92 Å². The van der Waals surface area contributed by atoms with Crippen LogP contribution in [0.1, 0.15) is 5.56 Å². The van der Waals surface area contributed by atoms with Crippen molar-refractivity contribution in [3.63, 3.8) is 0 Å². The molecule has 1 rings (SSSR count). The largest absolute Gasteiger partial charge is 0.493 e. The van der Waals surface area contributed by atoms with Crippen LogP contribution in [-0.4, -0.2) is 33.0 Å². The molecule has 0 saturated carbocycles. The molecule has 1 aromatic rings. The van der Waals surface area contributed by atoms with Crippen LogP contribution in [0.5, 0.6) is 17.2 Å². The molecule has 0 bridgehead atoms. The van der Waals surface area contributed by atoms with Crippen molar-refractivity contribution in [2.75, 3.05) is 27.9 Å². The molecule has 0 radical (unpaired) electrons. The second kappa shape index (κ2) is 6.72. The molecule has 5 heteroatoms. The van der Waals surface area contributed by atoms with Gasteiger partial charge in [-0.2, -0.15) is 5.26 Å². The Hall–Kier alpha value is -1.93. The van der Waals surface area contributed by atoms with Gasteiger partial charge in [-0.3, -0.25) is 0 Å². The predicted molar refractivity (Wildman–Crippen MR) is 66.0 cm³/mol. The van der Waals surface area contributed by atoms with E-state index in [-0.39, 0.29) is 6.61 Å². The highest BCUT2D eigenvalue weighted by atomic mass is 16.5. The van der Waals surface area contributed by atoms with Crippen molar-refractivity contribution in [2.45, 2.75) is 6.42 Å². The number of benzene rings is 1. The topological polar surface area (TPSA) is 71.7 Å². The van der Waals surface area contributed by atoms with Crippen LogP contribution >= 0.6 is 0 Å². The van der Waals surface area contributed by atoms with E-state index in [0.29, 0.717) is 23.7 Å². The number of hydrogen-bond donors (Lipinski definition) is 1. The van der Waals surface area contributed by atoms with Gasteiger partial charge in [0.2, 0.25) is 5.75 Å². The quantitative estimate of drug-likeness (QED) is 0.827. The van der Waals surface area contributed by atoms with Crippen LogP contribution in [0.2, 0.25) is 0 Å². The molecule has 0 aromatic heterocycles. The fourth-order valence-corrected chi connectivity index (χ4v) is 1.69. The maximum atomic E-state index is 9.03. The maximum Gasteiger partial charge on any atom is 0.203 e. The molecule has 0 spiro atoms. The molecular weight excluding hydrogens is 234 g/mol. The van der Waals surface area contributed by atoms with E-state index in [1.807, 2.05) is 6.07 Å². The zero-order chi connectivity index (χ0) is 13.5. The molecule has 1 aromatic carbocycles. The molecular formula is C13H17NO4. The highest BCUT2D eigenvalue weighted by Crippen LogP contribution is 2.38. The lowest BCUT2D eigenvalue weighted by Gasteiger charge is -2.14. The van der Waals surface area contributed by atoms with Crippen LogP contribution in [-0.2, 0) is 6.42 Å². The minimum atomic E-state index is -0.437. The van der Waals surface area contributed by atoms with Gasteiger partial charge in [0.1, 0.15) is 0 Å². The number of ether oxygens (including phenoxy) is 3. The summed E-state index contributed by atoms with van der Waals surface area (Å²) >= 11 is 0. The van der Waals surface area contributed by atoms with Gasteiger partial charge in [-0.25, -0.2) is 0 Å². The number of nitriles is 1. The standard InChI is InChI=1S/C13H17NO4/c1-16-11-5-9(4-10(7-14)8-15)6-12(17-2)13(11)18-3/h5-6,10,15H,4,8H2,1-3H3. The zero-order valence-corrected chi connectivity index (χ0v) is 10.8. The third-order valence-electron chi connectivity index (χ3n) is 2.61. The van der Waals surface area contributed by atoms with Crippen molar-refractivity contribution in [3.05, 3.63) is 17.7 Å². The third kappa shape index (κ3) is 3.05. The number of nitrogens with zero attached hydrogens (tertiary/aromatic N) is 1. The third-order valence-corrected chi connectivity index (χ3v) is 2.61. The Morgan fingerprint density at radius 2 is 1.72 bits per heavy atom. The highest BCUT2D eigenvalue weighted by Gasteiger charge is 2.15. The molecule has 0 aliphatic heterocycles. The van der Waals surface area contributed by atoms with Crippen molar-refractivity contribution in [1.82, 2.24) is 0 Å².